The summed E-state index contributed by atoms with van der Waals surface area (Å²) in [7, 11) is 1.93. The number of hydrogen-bond acceptors (Lipinski definition) is 3. The average molecular weight is 401 g/mol. The molecule has 5 heteroatoms. The highest BCUT2D eigenvalue weighted by atomic mass is 19.1. The van der Waals surface area contributed by atoms with Gasteiger partial charge in [0.05, 0.1) is 18.3 Å². The van der Waals surface area contributed by atoms with Gasteiger partial charge < -0.3 is 0 Å². The average Bonchev–Trinajstić information content (AvgIpc) is 3.21. The Bertz CT molecular complexity index is 1020. The molecule has 1 heterocycles. The molecule has 0 aromatic heterocycles. The second-order valence-electron chi connectivity index (χ2n) is 7.58. The van der Waals surface area contributed by atoms with Crippen molar-refractivity contribution in [3.63, 3.8) is 0 Å². The largest absolute Gasteiger partial charge is 0.293 e. The molecule has 1 unspecified atom stereocenters. The number of hydrazone groups is 1. The molecule has 152 valence electrons. The maximum Gasteiger partial charge on any atom is 0.257 e. The number of nitrogens with zero attached hydrogens (tertiary/aromatic N) is 3. The van der Waals surface area contributed by atoms with Gasteiger partial charge in [-0.25, -0.2) is 9.40 Å². The molecule has 30 heavy (non-hydrogen) atoms. The third-order valence-corrected chi connectivity index (χ3v) is 5.23. The topological polar surface area (TPSA) is 35.9 Å². The van der Waals surface area contributed by atoms with Gasteiger partial charge in [0.1, 0.15) is 5.82 Å². The number of halogens is 1. The fourth-order valence-electron chi connectivity index (χ4n) is 3.74. The van der Waals surface area contributed by atoms with Gasteiger partial charge in [0, 0.05) is 13.0 Å². The summed E-state index contributed by atoms with van der Waals surface area (Å²) < 4.78 is 13.4. The van der Waals surface area contributed by atoms with Crippen LogP contribution < -0.4 is 0 Å². The molecule has 0 N–H and O–H groups in total. The summed E-state index contributed by atoms with van der Waals surface area (Å²) in [4.78, 5) is 15.2. The van der Waals surface area contributed by atoms with Crippen LogP contribution in [-0.2, 0) is 11.3 Å². The number of benzene rings is 3. The summed E-state index contributed by atoms with van der Waals surface area (Å²) in [6.07, 6.45) is 0.601. The highest BCUT2D eigenvalue weighted by molar-refractivity contribution is 6.03. The number of amides is 1. The van der Waals surface area contributed by atoms with Crippen molar-refractivity contribution in [3.8, 4) is 0 Å². The van der Waals surface area contributed by atoms with Crippen molar-refractivity contribution in [2.24, 2.45) is 5.10 Å². The van der Waals surface area contributed by atoms with Gasteiger partial charge in [0.15, 0.2) is 0 Å². The van der Waals surface area contributed by atoms with Crippen LogP contribution in [0.1, 0.15) is 29.2 Å². The minimum absolute atomic E-state index is 0.0753. The number of likely N-dealkylation sites (N-methyl/N-ethyl adjacent to an activating group) is 1. The van der Waals surface area contributed by atoms with Crippen LogP contribution in [-0.4, -0.2) is 35.1 Å². The normalized spacial score (nSPS) is 16.0. The Kier molecular flexibility index (Phi) is 6.00. The molecular formula is C25H24FN3O. The summed E-state index contributed by atoms with van der Waals surface area (Å²) in [5.41, 5.74) is 3.89. The molecule has 0 spiro atoms. The van der Waals surface area contributed by atoms with E-state index in [0.717, 1.165) is 22.4 Å². The lowest BCUT2D eigenvalue weighted by Crippen LogP contribution is -2.36. The van der Waals surface area contributed by atoms with Crippen LogP contribution >= 0.6 is 0 Å². The van der Waals surface area contributed by atoms with E-state index in [1.54, 1.807) is 17.1 Å². The van der Waals surface area contributed by atoms with Gasteiger partial charge in [-0.2, -0.15) is 5.10 Å². The monoisotopic (exact) mass is 401 g/mol. The predicted octanol–water partition coefficient (Wildman–Crippen LogP) is 4.64. The van der Waals surface area contributed by atoms with Crippen LogP contribution in [0.5, 0.6) is 0 Å². The molecule has 0 fully saturated rings. The molecule has 1 amide bonds. The minimum atomic E-state index is -0.290. The van der Waals surface area contributed by atoms with Crippen LogP contribution in [0.2, 0.25) is 0 Å². The molecule has 3 aromatic rings. The van der Waals surface area contributed by atoms with Gasteiger partial charge in [0.25, 0.3) is 5.91 Å². The summed E-state index contributed by atoms with van der Waals surface area (Å²) in [6.45, 7) is 0.926. The van der Waals surface area contributed by atoms with E-state index in [9.17, 15) is 9.18 Å². The van der Waals surface area contributed by atoms with Gasteiger partial charge >= 0.3 is 0 Å². The zero-order chi connectivity index (χ0) is 20.9. The SMILES string of the molecule is CN(CC(=O)N1N=C(c2ccccc2)CC1c1ccc(F)cc1)Cc1ccccc1. The number of carbonyl (C=O) groups excluding carboxylic acids is 1. The van der Waals surface area contributed by atoms with Gasteiger partial charge in [-0.15, -0.1) is 0 Å². The quantitative estimate of drug-likeness (QED) is 0.604. The van der Waals surface area contributed by atoms with E-state index in [1.165, 1.54) is 12.1 Å². The molecule has 0 radical (unpaired) electrons. The maximum absolute atomic E-state index is 13.4. The Balaban J connectivity index is 1.55. The van der Waals surface area contributed by atoms with Crippen molar-refractivity contribution >= 4 is 11.6 Å². The molecule has 0 saturated carbocycles. The van der Waals surface area contributed by atoms with Gasteiger partial charge in [0.2, 0.25) is 0 Å². The van der Waals surface area contributed by atoms with Crippen molar-refractivity contribution in [1.29, 1.82) is 0 Å². The third-order valence-electron chi connectivity index (χ3n) is 5.23. The van der Waals surface area contributed by atoms with Crippen LogP contribution in [0, 0.1) is 5.82 Å². The Morgan fingerprint density at radius 1 is 1.00 bits per heavy atom. The molecule has 0 saturated heterocycles. The van der Waals surface area contributed by atoms with E-state index in [-0.39, 0.29) is 24.3 Å². The summed E-state index contributed by atoms with van der Waals surface area (Å²) in [5, 5.41) is 6.25. The molecular weight excluding hydrogens is 377 g/mol. The fourth-order valence-corrected chi connectivity index (χ4v) is 3.74. The van der Waals surface area contributed by atoms with E-state index < -0.39 is 0 Å². The molecule has 4 nitrogen and oxygen atoms in total. The van der Waals surface area contributed by atoms with Crippen molar-refractivity contribution < 1.29 is 9.18 Å². The number of hydrogen-bond donors (Lipinski definition) is 0. The molecule has 1 atom stereocenters. The molecule has 1 aliphatic rings. The second kappa shape index (κ2) is 9.01. The van der Waals surface area contributed by atoms with E-state index in [0.29, 0.717) is 13.0 Å². The zero-order valence-electron chi connectivity index (χ0n) is 16.9. The van der Waals surface area contributed by atoms with Crippen molar-refractivity contribution in [2.75, 3.05) is 13.6 Å². The standard InChI is InChI=1S/C25H24FN3O/c1-28(17-19-8-4-2-5-9-19)18-25(30)29-24(21-12-14-22(26)15-13-21)16-23(27-29)20-10-6-3-7-11-20/h2-15,24H,16-18H2,1H3. The third kappa shape index (κ3) is 4.63. The smallest absolute Gasteiger partial charge is 0.257 e. The number of rotatable bonds is 6. The Hall–Kier alpha value is -3.31. The van der Waals surface area contributed by atoms with Gasteiger partial charge in [-0.3, -0.25) is 9.69 Å². The van der Waals surface area contributed by atoms with Crippen LogP contribution in [0.3, 0.4) is 0 Å². The Morgan fingerprint density at radius 3 is 2.30 bits per heavy atom. The first-order valence-electron chi connectivity index (χ1n) is 10.0. The lowest BCUT2D eigenvalue weighted by atomic mass is 9.98. The molecule has 4 rings (SSSR count). The second-order valence-corrected chi connectivity index (χ2v) is 7.58. The Labute approximate surface area is 176 Å². The van der Waals surface area contributed by atoms with Crippen LogP contribution in [0.4, 0.5) is 4.39 Å². The van der Waals surface area contributed by atoms with Crippen molar-refractivity contribution in [3.05, 3.63) is 107 Å². The van der Waals surface area contributed by atoms with E-state index in [2.05, 4.69) is 5.10 Å². The van der Waals surface area contributed by atoms with Gasteiger partial charge in [-0.1, -0.05) is 72.8 Å². The molecule has 3 aromatic carbocycles. The van der Waals surface area contributed by atoms with Crippen LogP contribution in [0.25, 0.3) is 0 Å². The lowest BCUT2D eigenvalue weighted by Gasteiger charge is -2.25. The van der Waals surface area contributed by atoms with E-state index in [1.807, 2.05) is 72.6 Å². The van der Waals surface area contributed by atoms with E-state index >= 15 is 0 Å². The lowest BCUT2D eigenvalue weighted by molar-refractivity contribution is -0.134. The molecule has 0 bridgehead atoms. The highest BCUT2D eigenvalue weighted by Gasteiger charge is 2.33. The highest BCUT2D eigenvalue weighted by Crippen LogP contribution is 2.33. The molecule has 1 aliphatic heterocycles. The fraction of sp³-hybridized carbons (Fsp3) is 0.200. The molecule has 0 aliphatic carbocycles. The minimum Gasteiger partial charge on any atom is -0.293 e. The van der Waals surface area contributed by atoms with Crippen molar-refractivity contribution in [1.82, 2.24) is 9.91 Å². The van der Waals surface area contributed by atoms with Gasteiger partial charge in [-0.05, 0) is 35.9 Å². The maximum atomic E-state index is 13.4. The predicted molar refractivity (Wildman–Crippen MR) is 116 cm³/mol. The van der Waals surface area contributed by atoms with Crippen LogP contribution in [0.15, 0.2) is 90.0 Å². The Morgan fingerprint density at radius 2 is 1.63 bits per heavy atom. The summed E-state index contributed by atoms with van der Waals surface area (Å²) in [6, 6.07) is 26.0. The van der Waals surface area contributed by atoms with Crippen molar-refractivity contribution in [2.45, 2.75) is 19.0 Å². The first kappa shape index (κ1) is 20.0. The summed E-state index contributed by atoms with van der Waals surface area (Å²) >= 11 is 0. The summed E-state index contributed by atoms with van der Waals surface area (Å²) in [5.74, 6) is -0.366. The number of carbonyl (C=O) groups is 1. The van der Waals surface area contributed by atoms with E-state index in [4.69, 9.17) is 0 Å². The first-order chi connectivity index (χ1) is 14.6. The zero-order valence-corrected chi connectivity index (χ0v) is 16.9. The first-order valence-corrected chi connectivity index (χ1v) is 10.0.